The van der Waals surface area contributed by atoms with E-state index in [0.29, 0.717) is 29.2 Å². The number of carbonyl (C=O) groups excluding carboxylic acids is 1. The molecule has 0 aromatic heterocycles. The van der Waals surface area contributed by atoms with Gasteiger partial charge in [-0.05, 0) is 18.2 Å². The molecule has 3 nitrogen and oxygen atoms in total. The highest BCUT2D eigenvalue weighted by Crippen LogP contribution is 2.26. The maximum Gasteiger partial charge on any atom is 0.255 e. The molecule has 1 aliphatic rings. The van der Waals surface area contributed by atoms with Gasteiger partial charge in [-0.3, -0.25) is 4.79 Å². The van der Waals surface area contributed by atoms with Crippen molar-refractivity contribution >= 4 is 17.7 Å². The van der Waals surface area contributed by atoms with Gasteiger partial charge in [0.25, 0.3) is 5.91 Å². The SMILES string of the molecule is CC1CN(C(=O)c2cc(F)ccc2C#CCO)CC(C)S1. The number of carbonyl (C=O) groups is 1. The monoisotopic (exact) mass is 307 g/mol. The zero-order valence-corrected chi connectivity index (χ0v) is 12.9. The van der Waals surface area contributed by atoms with Crippen molar-refractivity contribution in [3.8, 4) is 11.8 Å². The van der Waals surface area contributed by atoms with Crippen LogP contribution in [-0.4, -0.2) is 46.1 Å². The van der Waals surface area contributed by atoms with E-state index in [9.17, 15) is 9.18 Å². The first kappa shape index (κ1) is 15.9. The van der Waals surface area contributed by atoms with Gasteiger partial charge in [0.2, 0.25) is 0 Å². The number of thioether (sulfide) groups is 1. The minimum Gasteiger partial charge on any atom is -0.384 e. The minimum absolute atomic E-state index is 0.198. The Morgan fingerprint density at radius 2 is 2.10 bits per heavy atom. The number of hydrogen-bond acceptors (Lipinski definition) is 3. The van der Waals surface area contributed by atoms with Gasteiger partial charge in [-0.2, -0.15) is 11.8 Å². The Hall–Kier alpha value is -1.51. The van der Waals surface area contributed by atoms with Gasteiger partial charge in [0.05, 0.1) is 5.56 Å². The fraction of sp³-hybridized carbons (Fsp3) is 0.438. The van der Waals surface area contributed by atoms with Crippen LogP contribution in [0.25, 0.3) is 0 Å². The second-order valence-electron chi connectivity index (χ2n) is 5.12. The molecule has 0 aliphatic carbocycles. The molecule has 2 atom stereocenters. The topological polar surface area (TPSA) is 40.5 Å². The predicted molar refractivity (Wildman–Crippen MR) is 82.8 cm³/mol. The van der Waals surface area contributed by atoms with Crippen LogP contribution in [0.2, 0.25) is 0 Å². The van der Waals surface area contributed by atoms with E-state index in [0.717, 1.165) is 0 Å². The number of aliphatic hydroxyl groups is 1. The molecule has 1 aliphatic heterocycles. The summed E-state index contributed by atoms with van der Waals surface area (Å²) in [6.07, 6.45) is 0. The third kappa shape index (κ3) is 3.99. The van der Waals surface area contributed by atoms with E-state index in [4.69, 9.17) is 5.11 Å². The second kappa shape index (κ2) is 6.97. The van der Waals surface area contributed by atoms with Crippen LogP contribution in [0, 0.1) is 17.7 Å². The number of rotatable bonds is 1. The van der Waals surface area contributed by atoms with Crippen LogP contribution in [-0.2, 0) is 0 Å². The Labute approximate surface area is 128 Å². The average Bonchev–Trinajstić information content (AvgIpc) is 2.44. The van der Waals surface area contributed by atoms with E-state index in [1.807, 2.05) is 11.8 Å². The molecule has 0 radical (unpaired) electrons. The average molecular weight is 307 g/mol. The van der Waals surface area contributed by atoms with E-state index in [1.54, 1.807) is 4.90 Å². The van der Waals surface area contributed by atoms with Gasteiger partial charge in [-0.25, -0.2) is 4.39 Å². The highest BCUT2D eigenvalue weighted by Gasteiger charge is 2.27. The molecule has 1 fully saturated rings. The van der Waals surface area contributed by atoms with Gasteiger partial charge in [0.15, 0.2) is 0 Å². The molecule has 1 saturated heterocycles. The van der Waals surface area contributed by atoms with Crippen molar-refractivity contribution in [3.05, 3.63) is 35.1 Å². The summed E-state index contributed by atoms with van der Waals surface area (Å²) in [5.41, 5.74) is 0.719. The van der Waals surface area contributed by atoms with E-state index in [-0.39, 0.29) is 18.1 Å². The third-order valence-corrected chi connectivity index (χ3v) is 4.45. The lowest BCUT2D eigenvalue weighted by atomic mass is 10.1. The molecule has 21 heavy (non-hydrogen) atoms. The van der Waals surface area contributed by atoms with Gasteiger partial charge < -0.3 is 10.0 Å². The number of hydrogen-bond donors (Lipinski definition) is 1. The number of aliphatic hydroxyl groups excluding tert-OH is 1. The van der Waals surface area contributed by atoms with Crippen LogP contribution in [0.3, 0.4) is 0 Å². The summed E-state index contributed by atoms with van der Waals surface area (Å²) in [7, 11) is 0. The molecule has 1 aromatic carbocycles. The fourth-order valence-electron chi connectivity index (χ4n) is 2.45. The Kier molecular flexibility index (Phi) is 5.27. The molecular weight excluding hydrogens is 289 g/mol. The molecule has 1 N–H and O–H groups in total. The highest BCUT2D eigenvalue weighted by molar-refractivity contribution is 8.00. The maximum atomic E-state index is 13.5. The van der Waals surface area contributed by atoms with Crippen LogP contribution in [0.1, 0.15) is 29.8 Å². The van der Waals surface area contributed by atoms with Crippen molar-refractivity contribution in [1.82, 2.24) is 4.90 Å². The normalized spacial score (nSPS) is 21.6. The van der Waals surface area contributed by atoms with Gasteiger partial charge in [0, 0.05) is 29.2 Å². The van der Waals surface area contributed by atoms with Crippen LogP contribution in [0.4, 0.5) is 4.39 Å². The van der Waals surface area contributed by atoms with Crippen LogP contribution in [0.5, 0.6) is 0 Å². The Bertz CT molecular complexity index is 584. The number of amides is 1. The molecule has 0 saturated carbocycles. The molecular formula is C16H18FNO2S. The molecule has 1 heterocycles. The molecule has 1 aromatic rings. The fourth-order valence-corrected chi connectivity index (χ4v) is 3.78. The van der Waals surface area contributed by atoms with E-state index >= 15 is 0 Å². The highest BCUT2D eigenvalue weighted by atomic mass is 32.2. The quantitative estimate of drug-likeness (QED) is 0.808. The van der Waals surface area contributed by atoms with Gasteiger partial charge in [0.1, 0.15) is 12.4 Å². The van der Waals surface area contributed by atoms with Crippen molar-refractivity contribution in [2.45, 2.75) is 24.3 Å². The first-order valence-corrected chi connectivity index (χ1v) is 7.79. The number of benzene rings is 1. The molecule has 1 amide bonds. The van der Waals surface area contributed by atoms with Gasteiger partial charge in [-0.1, -0.05) is 25.7 Å². The second-order valence-corrected chi connectivity index (χ2v) is 7.00. The predicted octanol–water partition coefficient (Wildman–Crippen LogP) is 2.14. The number of halogens is 1. The van der Waals surface area contributed by atoms with E-state index < -0.39 is 5.82 Å². The van der Waals surface area contributed by atoms with Crippen LogP contribution in [0.15, 0.2) is 18.2 Å². The Morgan fingerprint density at radius 3 is 2.71 bits per heavy atom. The summed E-state index contributed by atoms with van der Waals surface area (Å²) in [6.45, 7) is 5.17. The molecule has 5 heteroatoms. The van der Waals surface area contributed by atoms with Crippen molar-refractivity contribution in [3.63, 3.8) is 0 Å². The minimum atomic E-state index is -0.458. The molecule has 112 valence electrons. The van der Waals surface area contributed by atoms with Crippen LogP contribution < -0.4 is 0 Å². The van der Waals surface area contributed by atoms with Crippen molar-refractivity contribution in [1.29, 1.82) is 0 Å². The largest absolute Gasteiger partial charge is 0.384 e. The van der Waals surface area contributed by atoms with Gasteiger partial charge >= 0.3 is 0 Å². The summed E-state index contributed by atoms with van der Waals surface area (Å²) < 4.78 is 13.5. The van der Waals surface area contributed by atoms with Crippen molar-refractivity contribution < 1.29 is 14.3 Å². The standard InChI is InChI=1S/C16H18FNO2S/c1-11-9-18(10-12(2)21-11)16(20)15-8-14(17)6-5-13(15)4-3-7-19/h5-6,8,11-12,19H,7,9-10H2,1-2H3. The first-order valence-electron chi connectivity index (χ1n) is 6.85. The Morgan fingerprint density at radius 1 is 1.43 bits per heavy atom. The zero-order valence-electron chi connectivity index (χ0n) is 12.1. The summed E-state index contributed by atoms with van der Waals surface area (Å²) in [6, 6.07) is 3.98. The Balaban J connectivity index is 2.31. The first-order chi connectivity index (χ1) is 10.0. The maximum absolute atomic E-state index is 13.5. The lowest BCUT2D eigenvalue weighted by Gasteiger charge is -2.34. The van der Waals surface area contributed by atoms with E-state index in [1.165, 1.54) is 18.2 Å². The van der Waals surface area contributed by atoms with Crippen LogP contribution >= 0.6 is 11.8 Å². The summed E-state index contributed by atoms with van der Waals surface area (Å²) >= 11 is 1.85. The van der Waals surface area contributed by atoms with E-state index in [2.05, 4.69) is 25.7 Å². The van der Waals surface area contributed by atoms with Crippen molar-refractivity contribution in [2.75, 3.05) is 19.7 Å². The zero-order chi connectivity index (χ0) is 15.4. The number of nitrogens with zero attached hydrogens (tertiary/aromatic N) is 1. The summed E-state index contributed by atoms with van der Waals surface area (Å²) in [4.78, 5) is 14.4. The van der Waals surface area contributed by atoms with Gasteiger partial charge in [-0.15, -0.1) is 0 Å². The third-order valence-electron chi connectivity index (χ3n) is 3.22. The summed E-state index contributed by atoms with van der Waals surface area (Å²) in [5, 5.41) is 9.50. The molecule has 2 unspecified atom stereocenters. The molecule has 0 spiro atoms. The summed E-state index contributed by atoms with van der Waals surface area (Å²) in [5.74, 6) is 4.56. The molecule has 0 bridgehead atoms. The lowest BCUT2D eigenvalue weighted by molar-refractivity contribution is 0.0752. The lowest BCUT2D eigenvalue weighted by Crippen LogP contribution is -2.44. The molecule has 2 rings (SSSR count). The van der Waals surface area contributed by atoms with Crippen molar-refractivity contribution in [2.24, 2.45) is 0 Å². The smallest absolute Gasteiger partial charge is 0.255 e.